The van der Waals surface area contributed by atoms with E-state index in [1.807, 2.05) is 89.5 Å². The molecule has 10 heteroatoms. The molecule has 0 fully saturated rings. The Morgan fingerprint density at radius 1 is 0.848 bits per heavy atom. The monoisotopic (exact) mass is 640 g/mol. The molecule has 4 aromatic rings. The standard InChI is InChI=1S/C36H41N4O5P/c1-27(2)40(28(3)4)46(43-25-12-23-37)44-26-22-30-17-19-31(20-18-30)38-24-21-34(41)35(29(38)5)45-36(42)39(32-13-8-6-9-14-32)33-15-10-7-11-16-33/h6-11,13-21,24,27-28H,12,22,25-26H2,1-5H3. The van der Waals surface area contributed by atoms with E-state index in [0.29, 0.717) is 43.1 Å². The second-order valence-corrected chi connectivity index (χ2v) is 12.6. The van der Waals surface area contributed by atoms with Gasteiger partial charge in [-0.25, -0.2) is 14.4 Å². The Bertz CT molecular complexity index is 1610. The van der Waals surface area contributed by atoms with Crippen molar-refractivity contribution in [3.05, 3.63) is 119 Å². The first-order valence-electron chi connectivity index (χ1n) is 15.4. The summed E-state index contributed by atoms with van der Waals surface area (Å²) in [6.45, 7) is 11.0. The molecule has 0 saturated heterocycles. The Morgan fingerprint density at radius 3 is 1.96 bits per heavy atom. The molecule has 0 aliphatic heterocycles. The van der Waals surface area contributed by atoms with E-state index >= 15 is 0 Å². The highest BCUT2D eigenvalue weighted by Crippen LogP contribution is 2.46. The summed E-state index contributed by atoms with van der Waals surface area (Å²) < 4.78 is 22.0. The average molecular weight is 641 g/mol. The van der Waals surface area contributed by atoms with Crippen LogP contribution in [0.3, 0.4) is 0 Å². The number of para-hydroxylation sites is 2. The van der Waals surface area contributed by atoms with E-state index in [0.717, 1.165) is 11.3 Å². The van der Waals surface area contributed by atoms with Crippen LogP contribution in [0.4, 0.5) is 16.2 Å². The SMILES string of the molecule is Cc1c(OC(=O)N(c2ccccc2)c2ccccc2)c(=O)ccn1-c1ccc(CCOP(OCCC#N)N(C(C)C)C(C)C)cc1. The highest BCUT2D eigenvalue weighted by atomic mass is 31.2. The number of amides is 1. The summed E-state index contributed by atoms with van der Waals surface area (Å²) in [5, 5.41) is 8.94. The Hall–Kier alpha value is -4.32. The van der Waals surface area contributed by atoms with Gasteiger partial charge < -0.3 is 18.4 Å². The van der Waals surface area contributed by atoms with Gasteiger partial charge in [0.05, 0.1) is 42.8 Å². The van der Waals surface area contributed by atoms with E-state index in [1.165, 1.54) is 11.0 Å². The second-order valence-electron chi connectivity index (χ2n) is 11.1. The molecule has 0 saturated carbocycles. The molecule has 0 N–H and O–H groups in total. The molecular weight excluding hydrogens is 599 g/mol. The number of aromatic nitrogens is 1. The predicted octanol–water partition coefficient (Wildman–Crippen LogP) is 8.32. The van der Waals surface area contributed by atoms with E-state index in [1.54, 1.807) is 13.1 Å². The largest absolute Gasteiger partial charge is 0.424 e. The third-order valence-electron chi connectivity index (χ3n) is 7.16. The van der Waals surface area contributed by atoms with Gasteiger partial charge in [0.25, 0.3) is 8.53 Å². The van der Waals surface area contributed by atoms with Crippen LogP contribution in [0.5, 0.6) is 5.75 Å². The van der Waals surface area contributed by atoms with Gasteiger partial charge in [0.1, 0.15) is 0 Å². The van der Waals surface area contributed by atoms with Crippen molar-refractivity contribution in [1.82, 2.24) is 9.24 Å². The third kappa shape index (κ3) is 8.90. The normalized spacial score (nSPS) is 11.9. The van der Waals surface area contributed by atoms with Crippen LogP contribution in [0, 0.1) is 18.3 Å². The van der Waals surface area contributed by atoms with E-state index in [-0.39, 0.29) is 23.3 Å². The molecule has 1 amide bonds. The zero-order valence-corrected chi connectivity index (χ0v) is 27.9. The van der Waals surface area contributed by atoms with Crippen molar-refractivity contribution in [2.75, 3.05) is 18.1 Å². The molecule has 0 bridgehead atoms. The van der Waals surface area contributed by atoms with E-state index < -0.39 is 14.6 Å². The zero-order valence-electron chi connectivity index (χ0n) is 27.0. The molecule has 0 radical (unpaired) electrons. The van der Waals surface area contributed by atoms with Gasteiger partial charge in [0.2, 0.25) is 5.43 Å². The molecule has 0 aliphatic carbocycles. The van der Waals surface area contributed by atoms with Crippen LogP contribution in [-0.2, 0) is 15.5 Å². The van der Waals surface area contributed by atoms with Gasteiger partial charge in [-0.3, -0.25) is 4.79 Å². The lowest BCUT2D eigenvalue weighted by molar-refractivity contribution is 0.177. The maximum absolute atomic E-state index is 13.6. The van der Waals surface area contributed by atoms with Gasteiger partial charge >= 0.3 is 6.09 Å². The second kappa shape index (κ2) is 16.8. The number of carbonyl (C=O) groups is 1. The average Bonchev–Trinajstić information content (AvgIpc) is 3.04. The number of benzene rings is 3. The molecular formula is C36H41N4O5P. The molecule has 1 atom stereocenters. The molecule has 46 heavy (non-hydrogen) atoms. The molecule has 1 unspecified atom stereocenters. The number of carbonyl (C=O) groups excluding carboxylic acids is 1. The van der Waals surface area contributed by atoms with Gasteiger partial charge in [0.15, 0.2) is 5.75 Å². The van der Waals surface area contributed by atoms with Gasteiger partial charge in [-0.15, -0.1) is 0 Å². The first kappa shape index (κ1) is 34.6. The minimum atomic E-state index is -1.30. The molecule has 3 aromatic carbocycles. The quantitative estimate of drug-likeness (QED) is 0.101. The molecule has 1 aromatic heterocycles. The Morgan fingerprint density at radius 2 is 1.41 bits per heavy atom. The number of ether oxygens (including phenoxy) is 1. The number of rotatable bonds is 14. The molecule has 9 nitrogen and oxygen atoms in total. The third-order valence-corrected chi connectivity index (χ3v) is 9.27. The first-order chi connectivity index (χ1) is 22.2. The fourth-order valence-electron chi connectivity index (χ4n) is 5.05. The lowest BCUT2D eigenvalue weighted by atomic mass is 10.1. The van der Waals surface area contributed by atoms with Crippen LogP contribution in [-0.4, -0.2) is 40.6 Å². The number of anilines is 2. The van der Waals surface area contributed by atoms with Crippen molar-refractivity contribution < 1.29 is 18.6 Å². The lowest BCUT2D eigenvalue weighted by Gasteiger charge is -2.35. The summed E-state index contributed by atoms with van der Waals surface area (Å²) in [5.74, 6) is -0.0357. The maximum atomic E-state index is 13.6. The first-order valence-corrected chi connectivity index (χ1v) is 16.5. The summed E-state index contributed by atoms with van der Waals surface area (Å²) in [6.07, 6.45) is 1.98. The van der Waals surface area contributed by atoms with Crippen LogP contribution in [0.25, 0.3) is 5.69 Å². The zero-order chi connectivity index (χ0) is 33.1. The Kier molecular flexibility index (Phi) is 12.6. The number of hydrogen-bond acceptors (Lipinski definition) is 7. The predicted molar refractivity (Wildman–Crippen MR) is 183 cm³/mol. The van der Waals surface area contributed by atoms with Gasteiger partial charge in [0, 0.05) is 30.0 Å². The van der Waals surface area contributed by atoms with E-state index in [9.17, 15) is 9.59 Å². The van der Waals surface area contributed by atoms with Gasteiger partial charge in [-0.2, -0.15) is 5.26 Å². The van der Waals surface area contributed by atoms with E-state index in [4.69, 9.17) is 19.0 Å². The summed E-state index contributed by atoms with van der Waals surface area (Å²) >= 11 is 0. The highest BCUT2D eigenvalue weighted by molar-refractivity contribution is 7.44. The molecule has 240 valence electrons. The number of nitrogens with zero attached hydrogens (tertiary/aromatic N) is 4. The fraction of sp³-hybridized carbons (Fsp3) is 0.306. The minimum absolute atomic E-state index is 0.0357. The van der Waals surface area contributed by atoms with Crippen molar-refractivity contribution in [1.29, 1.82) is 5.26 Å². The Balaban J connectivity index is 1.49. The Labute approximate surface area is 272 Å². The summed E-state index contributed by atoms with van der Waals surface area (Å²) in [6, 6.07) is 30.3. The topological polar surface area (TPSA) is 97.0 Å². The van der Waals surface area contributed by atoms with Crippen LogP contribution in [0.1, 0.15) is 45.4 Å². The number of hydrogen-bond donors (Lipinski definition) is 0. The molecule has 0 spiro atoms. The van der Waals surface area contributed by atoms with Gasteiger partial charge in [-0.05, 0) is 83.0 Å². The molecule has 4 rings (SSSR count). The van der Waals surface area contributed by atoms with Crippen molar-refractivity contribution in [3.8, 4) is 17.5 Å². The molecule has 0 aliphatic rings. The van der Waals surface area contributed by atoms with Crippen LogP contribution < -0.4 is 15.1 Å². The lowest BCUT2D eigenvalue weighted by Crippen LogP contribution is -2.33. The van der Waals surface area contributed by atoms with Gasteiger partial charge in [-0.1, -0.05) is 48.5 Å². The summed E-state index contributed by atoms with van der Waals surface area (Å²) in [4.78, 5) is 28.0. The van der Waals surface area contributed by atoms with Crippen LogP contribution >= 0.6 is 8.53 Å². The summed E-state index contributed by atoms with van der Waals surface area (Å²) in [5.41, 5.74) is 3.24. The summed E-state index contributed by atoms with van der Waals surface area (Å²) in [7, 11) is -1.30. The van der Waals surface area contributed by atoms with E-state index in [2.05, 4.69) is 38.4 Å². The van der Waals surface area contributed by atoms with Crippen LogP contribution in [0.2, 0.25) is 0 Å². The molecule has 1 heterocycles. The minimum Gasteiger partial charge on any atom is -0.404 e. The smallest absolute Gasteiger partial charge is 0.404 e. The fourth-order valence-corrected chi connectivity index (χ4v) is 6.64. The number of pyridine rings is 1. The highest BCUT2D eigenvalue weighted by Gasteiger charge is 2.27. The van der Waals surface area contributed by atoms with Crippen molar-refractivity contribution >= 4 is 26.0 Å². The number of nitriles is 1. The maximum Gasteiger partial charge on any atom is 0.424 e. The van der Waals surface area contributed by atoms with Crippen LogP contribution in [0.15, 0.2) is 102 Å². The van der Waals surface area contributed by atoms with Crippen molar-refractivity contribution in [2.24, 2.45) is 0 Å². The van der Waals surface area contributed by atoms with Crippen molar-refractivity contribution in [3.63, 3.8) is 0 Å². The van der Waals surface area contributed by atoms with Crippen molar-refractivity contribution in [2.45, 2.75) is 59.5 Å².